The van der Waals surface area contributed by atoms with Gasteiger partial charge in [0.25, 0.3) is 0 Å². The third-order valence-corrected chi connectivity index (χ3v) is 3.79. The molecule has 0 fully saturated rings. The fourth-order valence-corrected chi connectivity index (χ4v) is 2.58. The Kier molecular flexibility index (Phi) is 5.90. The fourth-order valence-electron chi connectivity index (χ4n) is 2.58. The molecule has 0 spiro atoms. The Bertz CT molecular complexity index is 612. The molecule has 2 rings (SSSR count). The van der Waals surface area contributed by atoms with Crippen molar-refractivity contribution < 1.29 is 9.90 Å². The number of nitrogens with two attached hydrogens (primary N) is 1. The van der Waals surface area contributed by atoms with Crippen molar-refractivity contribution in [2.45, 2.75) is 25.5 Å². The zero-order valence-corrected chi connectivity index (χ0v) is 13.4. The van der Waals surface area contributed by atoms with Gasteiger partial charge in [0.15, 0.2) is 0 Å². The topological polar surface area (TPSA) is 75.4 Å². The lowest BCUT2D eigenvalue weighted by atomic mass is 9.93. The van der Waals surface area contributed by atoms with Gasteiger partial charge in [-0.15, -0.1) is 0 Å². The number of carbonyl (C=O) groups excluding carboxylic acids is 1. The molecule has 0 heterocycles. The molecule has 0 unspecified atom stereocenters. The lowest BCUT2D eigenvalue weighted by molar-refractivity contribution is -0.120. The Labute approximate surface area is 137 Å². The summed E-state index contributed by atoms with van der Waals surface area (Å²) in [7, 11) is 0. The molecule has 0 saturated heterocycles. The average molecular weight is 312 g/mol. The quantitative estimate of drug-likeness (QED) is 0.686. The summed E-state index contributed by atoms with van der Waals surface area (Å²) in [5, 5.41) is 13.3. The minimum Gasteiger partial charge on any atom is -0.372 e. The second kappa shape index (κ2) is 7.90. The van der Waals surface area contributed by atoms with Crippen LogP contribution in [0.15, 0.2) is 60.7 Å². The molecule has 2 aromatic carbocycles. The van der Waals surface area contributed by atoms with Crippen molar-refractivity contribution >= 4 is 5.91 Å². The number of hydrogen-bond acceptors (Lipinski definition) is 3. The Morgan fingerprint density at radius 2 is 1.70 bits per heavy atom. The van der Waals surface area contributed by atoms with Gasteiger partial charge in [-0.3, -0.25) is 10.5 Å². The highest BCUT2D eigenvalue weighted by Crippen LogP contribution is 2.22. The first-order valence-corrected chi connectivity index (χ1v) is 7.85. The van der Waals surface area contributed by atoms with Gasteiger partial charge in [-0.05, 0) is 23.5 Å². The van der Waals surface area contributed by atoms with E-state index in [4.69, 9.17) is 5.73 Å². The molecule has 4 nitrogen and oxygen atoms in total. The van der Waals surface area contributed by atoms with Gasteiger partial charge in [-0.2, -0.15) is 0 Å². The minimum atomic E-state index is -1.38. The van der Waals surface area contributed by atoms with Crippen molar-refractivity contribution in [3.63, 3.8) is 0 Å². The van der Waals surface area contributed by atoms with Crippen LogP contribution in [0.3, 0.4) is 0 Å². The molecule has 2 aromatic rings. The summed E-state index contributed by atoms with van der Waals surface area (Å²) < 4.78 is 0. The van der Waals surface area contributed by atoms with Crippen LogP contribution < -0.4 is 11.1 Å². The van der Waals surface area contributed by atoms with Crippen LogP contribution in [-0.4, -0.2) is 17.6 Å². The standard InChI is InChI=1S/C19H24N2O2/c1-15(13-19(20,23)17-10-6-3-7-11-17)14-21-18(22)12-16-8-4-2-5-9-16/h2-11,15,23H,12-14,20H2,1H3,(H,21,22)/t15-,19+/m0/s1. The van der Waals surface area contributed by atoms with Crippen LogP contribution in [0.25, 0.3) is 0 Å². The average Bonchev–Trinajstić information content (AvgIpc) is 2.54. The third-order valence-electron chi connectivity index (χ3n) is 3.79. The van der Waals surface area contributed by atoms with Crippen LogP contribution in [0.1, 0.15) is 24.5 Å². The van der Waals surface area contributed by atoms with Crippen LogP contribution in [-0.2, 0) is 16.9 Å². The smallest absolute Gasteiger partial charge is 0.224 e. The molecule has 122 valence electrons. The second-order valence-electron chi connectivity index (χ2n) is 6.07. The molecular weight excluding hydrogens is 288 g/mol. The summed E-state index contributed by atoms with van der Waals surface area (Å²) in [5.41, 5.74) is 6.29. The summed E-state index contributed by atoms with van der Waals surface area (Å²) >= 11 is 0. The maximum Gasteiger partial charge on any atom is 0.224 e. The highest BCUT2D eigenvalue weighted by Gasteiger charge is 2.26. The lowest BCUT2D eigenvalue weighted by Crippen LogP contribution is -2.40. The van der Waals surface area contributed by atoms with E-state index in [-0.39, 0.29) is 11.8 Å². The molecule has 2 atom stereocenters. The number of benzene rings is 2. The molecule has 23 heavy (non-hydrogen) atoms. The Morgan fingerprint density at radius 1 is 1.13 bits per heavy atom. The van der Waals surface area contributed by atoms with Crippen molar-refractivity contribution in [1.29, 1.82) is 0 Å². The van der Waals surface area contributed by atoms with Crippen LogP contribution in [0.2, 0.25) is 0 Å². The maximum atomic E-state index is 11.9. The molecule has 0 saturated carbocycles. The minimum absolute atomic E-state index is 0.0247. The van der Waals surface area contributed by atoms with Crippen LogP contribution in [0.5, 0.6) is 0 Å². The molecule has 0 bridgehead atoms. The van der Waals surface area contributed by atoms with Crippen LogP contribution in [0.4, 0.5) is 0 Å². The molecule has 4 heteroatoms. The summed E-state index contributed by atoms with van der Waals surface area (Å²) in [6, 6.07) is 18.8. The zero-order chi connectivity index (χ0) is 16.7. The van der Waals surface area contributed by atoms with Gasteiger partial charge in [0.05, 0.1) is 6.42 Å². The molecular formula is C19H24N2O2. The van der Waals surface area contributed by atoms with Gasteiger partial charge in [0.2, 0.25) is 5.91 Å². The summed E-state index contributed by atoms with van der Waals surface area (Å²) in [6.07, 6.45) is 0.738. The van der Waals surface area contributed by atoms with Crippen molar-refractivity contribution in [1.82, 2.24) is 5.32 Å². The molecule has 0 radical (unpaired) electrons. The second-order valence-corrected chi connectivity index (χ2v) is 6.07. The lowest BCUT2D eigenvalue weighted by Gasteiger charge is -2.27. The van der Waals surface area contributed by atoms with E-state index >= 15 is 0 Å². The number of rotatable bonds is 7. The summed E-state index contributed by atoms with van der Waals surface area (Å²) in [4.78, 5) is 11.9. The summed E-state index contributed by atoms with van der Waals surface area (Å²) in [6.45, 7) is 2.45. The third kappa shape index (κ3) is 5.51. The van der Waals surface area contributed by atoms with E-state index in [1.807, 2.05) is 55.5 Å². The summed E-state index contributed by atoms with van der Waals surface area (Å²) in [5.74, 6) is 0.0354. The van der Waals surface area contributed by atoms with Crippen molar-refractivity contribution in [3.05, 3.63) is 71.8 Å². The highest BCUT2D eigenvalue weighted by atomic mass is 16.3. The van der Waals surface area contributed by atoms with Crippen molar-refractivity contribution in [3.8, 4) is 0 Å². The number of nitrogens with one attached hydrogen (secondary N) is 1. The monoisotopic (exact) mass is 312 g/mol. The van der Waals surface area contributed by atoms with Gasteiger partial charge in [0, 0.05) is 6.54 Å². The van der Waals surface area contributed by atoms with Crippen LogP contribution >= 0.6 is 0 Å². The predicted molar refractivity (Wildman–Crippen MR) is 91.5 cm³/mol. The van der Waals surface area contributed by atoms with Gasteiger partial charge < -0.3 is 10.4 Å². The molecule has 0 aromatic heterocycles. The first kappa shape index (κ1) is 17.2. The van der Waals surface area contributed by atoms with Gasteiger partial charge >= 0.3 is 0 Å². The van der Waals surface area contributed by atoms with E-state index in [2.05, 4.69) is 5.32 Å². The van der Waals surface area contributed by atoms with E-state index in [9.17, 15) is 9.90 Å². The normalized spacial score (nSPS) is 14.7. The van der Waals surface area contributed by atoms with Gasteiger partial charge in [0.1, 0.15) is 5.72 Å². The molecule has 1 amide bonds. The zero-order valence-electron chi connectivity index (χ0n) is 13.4. The first-order chi connectivity index (χ1) is 11.0. The Balaban J connectivity index is 1.80. The van der Waals surface area contributed by atoms with E-state index < -0.39 is 5.72 Å². The molecule has 0 aliphatic heterocycles. The SMILES string of the molecule is C[C@H](CNC(=O)Cc1ccccc1)C[C@@](N)(O)c1ccccc1. The van der Waals surface area contributed by atoms with E-state index in [1.54, 1.807) is 12.1 Å². The number of carbonyl (C=O) groups is 1. The highest BCUT2D eigenvalue weighted by molar-refractivity contribution is 5.78. The van der Waals surface area contributed by atoms with Gasteiger partial charge in [-0.25, -0.2) is 0 Å². The predicted octanol–water partition coefficient (Wildman–Crippen LogP) is 2.18. The van der Waals surface area contributed by atoms with Crippen LogP contribution in [0, 0.1) is 5.92 Å². The first-order valence-electron chi connectivity index (χ1n) is 7.85. The van der Waals surface area contributed by atoms with Crippen molar-refractivity contribution in [2.24, 2.45) is 11.7 Å². The van der Waals surface area contributed by atoms with E-state index in [1.165, 1.54) is 0 Å². The fraction of sp³-hybridized carbons (Fsp3) is 0.316. The molecule has 0 aliphatic carbocycles. The van der Waals surface area contributed by atoms with E-state index in [0.717, 1.165) is 5.56 Å². The number of hydrogen-bond donors (Lipinski definition) is 3. The number of aliphatic hydroxyl groups is 1. The number of amides is 1. The van der Waals surface area contributed by atoms with Gasteiger partial charge in [-0.1, -0.05) is 67.6 Å². The largest absolute Gasteiger partial charge is 0.372 e. The molecule has 0 aliphatic rings. The van der Waals surface area contributed by atoms with Crippen molar-refractivity contribution in [2.75, 3.05) is 6.54 Å². The maximum absolute atomic E-state index is 11.9. The Hall–Kier alpha value is -2.17. The molecule has 4 N–H and O–H groups in total. The Morgan fingerprint density at radius 3 is 2.30 bits per heavy atom. The van der Waals surface area contributed by atoms with E-state index in [0.29, 0.717) is 24.9 Å².